The van der Waals surface area contributed by atoms with Crippen LogP contribution in [0.1, 0.15) is 34.7 Å². The van der Waals surface area contributed by atoms with Crippen LogP contribution in [0.4, 0.5) is 13.2 Å². The SMILES string of the molecule is O=C(c1cc(F)cc(F)c1)N1CCC(c2ccc(F)cc2)CC1. The summed E-state index contributed by atoms with van der Waals surface area (Å²) in [6.07, 6.45) is 1.49. The molecule has 0 N–H and O–H groups in total. The third-order valence-electron chi connectivity index (χ3n) is 4.23. The second-order valence-corrected chi connectivity index (χ2v) is 5.78. The van der Waals surface area contributed by atoms with E-state index in [-0.39, 0.29) is 23.2 Å². The first-order valence-corrected chi connectivity index (χ1v) is 7.54. The summed E-state index contributed by atoms with van der Waals surface area (Å²) in [5.74, 6) is -1.87. The Kier molecular flexibility index (Phi) is 4.37. The van der Waals surface area contributed by atoms with E-state index in [1.165, 1.54) is 12.1 Å². The van der Waals surface area contributed by atoms with E-state index in [1.807, 2.05) is 0 Å². The van der Waals surface area contributed by atoms with Gasteiger partial charge in [0.25, 0.3) is 5.91 Å². The van der Waals surface area contributed by atoms with Crippen LogP contribution in [0.2, 0.25) is 0 Å². The van der Waals surface area contributed by atoms with Gasteiger partial charge in [0.05, 0.1) is 0 Å². The molecule has 1 saturated heterocycles. The van der Waals surface area contributed by atoms with Crippen LogP contribution >= 0.6 is 0 Å². The first kappa shape index (κ1) is 15.6. The zero-order valence-electron chi connectivity index (χ0n) is 12.4. The van der Waals surface area contributed by atoms with Crippen LogP contribution in [-0.4, -0.2) is 23.9 Å². The van der Waals surface area contributed by atoms with Gasteiger partial charge in [0.15, 0.2) is 0 Å². The summed E-state index contributed by atoms with van der Waals surface area (Å²) in [5, 5.41) is 0. The molecule has 120 valence electrons. The smallest absolute Gasteiger partial charge is 0.254 e. The molecule has 0 saturated carbocycles. The van der Waals surface area contributed by atoms with E-state index < -0.39 is 11.6 Å². The van der Waals surface area contributed by atoms with Crippen molar-refractivity contribution in [3.63, 3.8) is 0 Å². The second kappa shape index (κ2) is 6.44. The molecule has 2 aromatic carbocycles. The summed E-state index contributed by atoms with van der Waals surface area (Å²) in [7, 11) is 0. The molecule has 0 aromatic heterocycles. The summed E-state index contributed by atoms with van der Waals surface area (Å²) in [6.45, 7) is 1.03. The average molecular weight is 319 g/mol. The lowest BCUT2D eigenvalue weighted by Gasteiger charge is -2.32. The third kappa shape index (κ3) is 3.55. The van der Waals surface area contributed by atoms with Gasteiger partial charge in [-0.1, -0.05) is 12.1 Å². The van der Waals surface area contributed by atoms with E-state index in [2.05, 4.69) is 0 Å². The van der Waals surface area contributed by atoms with E-state index in [1.54, 1.807) is 17.0 Å². The zero-order valence-corrected chi connectivity index (χ0v) is 12.4. The highest BCUT2D eigenvalue weighted by atomic mass is 19.1. The molecule has 0 spiro atoms. The molecule has 1 heterocycles. The van der Waals surface area contributed by atoms with Crippen molar-refractivity contribution in [3.05, 3.63) is 71.0 Å². The van der Waals surface area contributed by atoms with Crippen molar-refractivity contribution in [3.8, 4) is 0 Å². The quantitative estimate of drug-likeness (QED) is 0.815. The van der Waals surface area contributed by atoms with Gasteiger partial charge in [-0.2, -0.15) is 0 Å². The number of carbonyl (C=O) groups excluding carboxylic acids is 1. The van der Waals surface area contributed by atoms with Crippen LogP contribution < -0.4 is 0 Å². The first-order valence-electron chi connectivity index (χ1n) is 7.54. The summed E-state index contributed by atoms with van der Waals surface area (Å²) in [5.41, 5.74) is 1.08. The van der Waals surface area contributed by atoms with Gasteiger partial charge in [0.2, 0.25) is 0 Å². The Balaban J connectivity index is 1.66. The molecule has 2 aromatic rings. The number of amides is 1. The predicted octanol–water partition coefficient (Wildman–Crippen LogP) is 4.12. The highest BCUT2D eigenvalue weighted by Gasteiger charge is 2.25. The van der Waals surface area contributed by atoms with Crippen molar-refractivity contribution >= 4 is 5.91 Å². The molecule has 0 bridgehead atoms. The summed E-state index contributed by atoms with van der Waals surface area (Å²) in [4.78, 5) is 13.9. The molecule has 2 nitrogen and oxygen atoms in total. The third-order valence-corrected chi connectivity index (χ3v) is 4.23. The number of nitrogens with zero attached hydrogens (tertiary/aromatic N) is 1. The van der Waals surface area contributed by atoms with E-state index >= 15 is 0 Å². The van der Waals surface area contributed by atoms with Crippen LogP contribution in [0, 0.1) is 17.5 Å². The number of rotatable bonds is 2. The van der Waals surface area contributed by atoms with E-state index in [9.17, 15) is 18.0 Å². The number of carbonyl (C=O) groups is 1. The summed E-state index contributed by atoms with van der Waals surface area (Å²) in [6, 6.07) is 9.25. The van der Waals surface area contributed by atoms with Gasteiger partial charge in [-0.25, -0.2) is 13.2 Å². The lowest BCUT2D eigenvalue weighted by atomic mass is 9.89. The number of benzene rings is 2. The van der Waals surface area contributed by atoms with E-state index in [4.69, 9.17) is 0 Å². The maximum atomic E-state index is 13.2. The largest absolute Gasteiger partial charge is 0.339 e. The predicted molar refractivity (Wildman–Crippen MR) is 80.6 cm³/mol. The van der Waals surface area contributed by atoms with Gasteiger partial charge >= 0.3 is 0 Å². The molecule has 3 rings (SSSR count). The fourth-order valence-corrected chi connectivity index (χ4v) is 3.01. The Morgan fingerprint density at radius 3 is 2.00 bits per heavy atom. The molecule has 1 amide bonds. The minimum Gasteiger partial charge on any atom is -0.339 e. The molecule has 1 fully saturated rings. The molecule has 0 atom stereocenters. The standard InChI is InChI=1S/C18H16F3NO/c19-15-3-1-12(2-4-15)13-5-7-22(8-6-13)18(23)14-9-16(20)11-17(21)10-14/h1-4,9-11,13H,5-8H2. The van der Waals surface area contributed by atoms with Crippen molar-refractivity contribution in [2.45, 2.75) is 18.8 Å². The van der Waals surface area contributed by atoms with Crippen molar-refractivity contribution in [2.24, 2.45) is 0 Å². The summed E-state index contributed by atoms with van der Waals surface area (Å²) >= 11 is 0. The average Bonchev–Trinajstić information content (AvgIpc) is 2.54. The monoisotopic (exact) mass is 319 g/mol. The number of piperidine rings is 1. The van der Waals surface area contributed by atoms with Crippen LogP contribution in [0.5, 0.6) is 0 Å². The lowest BCUT2D eigenvalue weighted by molar-refractivity contribution is 0.0712. The Bertz CT molecular complexity index is 686. The van der Waals surface area contributed by atoms with E-state index in [0.717, 1.165) is 36.6 Å². The van der Waals surface area contributed by atoms with Crippen LogP contribution in [0.15, 0.2) is 42.5 Å². The molecule has 0 unspecified atom stereocenters. The molecular formula is C18H16F3NO. The zero-order chi connectivity index (χ0) is 16.4. The van der Waals surface area contributed by atoms with Gasteiger partial charge in [-0.15, -0.1) is 0 Å². The van der Waals surface area contributed by atoms with Crippen molar-refractivity contribution in [1.29, 1.82) is 0 Å². The lowest BCUT2D eigenvalue weighted by Crippen LogP contribution is -2.38. The first-order chi connectivity index (χ1) is 11.0. The molecule has 0 radical (unpaired) electrons. The van der Waals surface area contributed by atoms with Gasteiger partial charge in [0, 0.05) is 24.7 Å². The van der Waals surface area contributed by atoms with Gasteiger partial charge in [-0.05, 0) is 48.6 Å². The Hall–Kier alpha value is -2.30. The molecule has 1 aliphatic rings. The number of hydrogen-bond acceptors (Lipinski definition) is 1. The van der Waals surface area contributed by atoms with Crippen LogP contribution in [0.3, 0.4) is 0 Å². The fourth-order valence-electron chi connectivity index (χ4n) is 3.01. The van der Waals surface area contributed by atoms with Crippen LogP contribution in [-0.2, 0) is 0 Å². The van der Waals surface area contributed by atoms with Crippen molar-refractivity contribution in [1.82, 2.24) is 4.90 Å². The molecule has 5 heteroatoms. The Morgan fingerprint density at radius 1 is 0.870 bits per heavy atom. The Labute approximate surface area is 132 Å². The highest BCUT2D eigenvalue weighted by Crippen LogP contribution is 2.28. The maximum Gasteiger partial charge on any atom is 0.254 e. The van der Waals surface area contributed by atoms with Crippen molar-refractivity contribution in [2.75, 3.05) is 13.1 Å². The number of hydrogen-bond donors (Lipinski definition) is 0. The minimum absolute atomic E-state index is 0.0303. The minimum atomic E-state index is -0.755. The van der Waals surface area contributed by atoms with Gasteiger partial charge in [0.1, 0.15) is 17.5 Å². The van der Waals surface area contributed by atoms with Gasteiger partial charge in [-0.3, -0.25) is 4.79 Å². The molecular weight excluding hydrogens is 303 g/mol. The van der Waals surface area contributed by atoms with Crippen molar-refractivity contribution < 1.29 is 18.0 Å². The van der Waals surface area contributed by atoms with Gasteiger partial charge < -0.3 is 4.90 Å². The second-order valence-electron chi connectivity index (χ2n) is 5.78. The number of halogens is 3. The topological polar surface area (TPSA) is 20.3 Å². The maximum absolute atomic E-state index is 13.2. The molecule has 1 aliphatic heterocycles. The highest BCUT2D eigenvalue weighted by molar-refractivity contribution is 5.94. The molecule has 23 heavy (non-hydrogen) atoms. The molecule has 0 aliphatic carbocycles. The van der Waals surface area contributed by atoms with E-state index in [0.29, 0.717) is 13.1 Å². The Morgan fingerprint density at radius 2 is 1.43 bits per heavy atom. The normalized spacial score (nSPS) is 15.7. The summed E-state index contributed by atoms with van der Waals surface area (Å²) < 4.78 is 39.4. The van der Waals surface area contributed by atoms with Crippen LogP contribution in [0.25, 0.3) is 0 Å². The fraction of sp³-hybridized carbons (Fsp3) is 0.278. The number of likely N-dealkylation sites (tertiary alicyclic amines) is 1.